The highest BCUT2D eigenvalue weighted by Gasteiger charge is 2.16. The van der Waals surface area contributed by atoms with Crippen molar-refractivity contribution in [3.05, 3.63) is 38.5 Å². The molecule has 3 rings (SSSR count). The summed E-state index contributed by atoms with van der Waals surface area (Å²) in [6, 6.07) is 4.37. The number of nitrogens with one attached hydrogen (secondary N) is 1. The normalized spacial score (nSPS) is 12.7. The fourth-order valence-corrected chi connectivity index (χ4v) is 4.56. The van der Waals surface area contributed by atoms with Crippen LogP contribution in [-0.4, -0.2) is 16.2 Å². The van der Waals surface area contributed by atoms with Crippen molar-refractivity contribution in [1.29, 1.82) is 0 Å². The van der Waals surface area contributed by atoms with Crippen LogP contribution in [0.15, 0.2) is 17.5 Å². The highest BCUT2D eigenvalue weighted by atomic mass is 32.1. The summed E-state index contributed by atoms with van der Waals surface area (Å²) in [7, 11) is 0. The van der Waals surface area contributed by atoms with Crippen molar-refractivity contribution < 1.29 is 0 Å². The molecule has 6 heteroatoms. The van der Waals surface area contributed by atoms with Crippen LogP contribution in [0.3, 0.4) is 0 Å². The van der Waals surface area contributed by atoms with Crippen LogP contribution in [0, 0.1) is 13.8 Å². The minimum atomic E-state index is 0.156. The molecule has 4 nitrogen and oxygen atoms in total. The third-order valence-electron chi connectivity index (χ3n) is 3.63. The van der Waals surface area contributed by atoms with Gasteiger partial charge in [-0.05, 0) is 44.2 Å². The van der Waals surface area contributed by atoms with Crippen molar-refractivity contribution in [1.82, 2.24) is 10.2 Å². The summed E-state index contributed by atoms with van der Waals surface area (Å²) in [5.41, 5.74) is 10.2. The van der Waals surface area contributed by atoms with Gasteiger partial charge in [-0.25, -0.2) is 0 Å². The molecule has 0 spiro atoms. The first-order valence-corrected chi connectivity index (χ1v) is 9.03. The largest absolute Gasteiger partial charge is 0.377 e. The molecule has 0 unspecified atom stereocenters. The molecule has 0 fully saturated rings. The number of anilines is 1. The average Bonchev–Trinajstić information content (AvgIpc) is 3.07. The summed E-state index contributed by atoms with van der Waals surface area (Å²) < 4.78 is 1.19. The molecule has 1 atom stereocenters. The van der Waals surface area contributed by atoms with E-state index >= 15 is 0 Å². The van der Waals surface area contributed by atoms with E-state index in [0.29, 0.717) is 0 Å². The molecule has 3 heterocycles. The predicted octanol–water partition coefficient (Wildman–Crippen LogP) is 3.87. The van der Waals surface area contributed by atoms with Gasteiger partial charge in [0, 0.05) is 22.3 Å². The molecule has 0 aliphatic rings. The molecule has 0 amide bonds. The Labute approximate surface area is 138 Å². The smallest absolute Gasteiger partial charge is 0.109 e. The number of fused-ring (bicyclic) bond motifs is 1. The molecule has 3 aromatic rings. The van der Waals surface area contributed by atoms with Crippen molar-refractivity contribution in [3.63, 3.8) is 0 Å². The Balaban J connectivity index is 1.98. The Kier molecular flexibility index (Phi) is 4.42. The SMILES string of the molecule is Cc1nnc2c(C)c(C[C@H](C)N)sc2c1NCc1cccs1. The Bertz CT molecular complexity index is 775. The van der Waals surface area contributed by atoms with Crippen molar-refractivity contribution in [2.75, 3.05) is 5.32 Å². The van der Waals surface area contributed by atoms with Crippen molar-refractivity contribution in [2.24, 2.45) is 5.73 Å². The van der Waals surface area contributed by atoms with E-state index in [2.05, 4.69) is 40.0 Å². The first-order chi connectivity index (χ1) is 10.6. The van der Waals surface area contributed by atoms with Gasteiger partial charge in [-0.2, -0.15) is 5.10 Å². The van der Waals surface area contributed by atoms with Crippen LogP contribution in [0.25, 0.3) is 10.2 Å². The fraction of sp³-hybridized carbons (Fsp3) is 0.375. The van der Waals surface area contributed by atoms with E-state index in [1.165, 1.54) is 20.0 Å². The lowest BCUT2D eigenvalue weighted by atomic mass is 10.1. The summed E-state index contributed by atoms with van der Waals surface area (Å²) in [5, 5.41) is 14.4. The number of nitrogens with zero attached hydrogens (tertiary/aromatic N) is 2. The molecule has 0 bridgehead atoms. The van der Waals surface area contributed by atoms with Gasteiger partial charge in [-0.15, -0.1) is 27.8 Å². The van der Waals surface area contributed by atoms with E-state index in [9.17, 15) is 0 Å². The van der Waals surface area contributed by atoms with Crippen molar-refractivity contribution >= 4 is 38.6 Å². The molecule has 0 aliphatic carbocycles. The lowest BCUT2D eigenvalue weighted by Crippen LogP contribution is -2.17. The van der Waals surface area contributed by atoms with Gasteiger partial charge in [-0.3, -0.25) is 0 Å². The van der Waals surface area contributed by atoms with Crippen LogP contribution in [0.2, 0.25) is 0 Å². The first-order valence-electron chi connectivity index (χ1n) is 7.33. The van der Waals surface area contributed by atoms with E-state index in [1.807, 2.05) is 13.8 Å². The number of aromatic nitrogens is 2. The highest BCUT2D eigenvalue weighted by molar-refractivity contribution is 7.19. The second-order valence-corrected chi connectivity index (χ2v) is 7.74. The Morgan fingerprint density at radius 1 is 1.32 bits per heavy atom. The van der Waals surface area contributed by atoms with E-state index in [-0.39, 0.29) is 6.04 Å². The van der Waals surface area contributed by atoms with Gasteiger partial charge in [0.2, 0.25) is 0 Å². The van der Waals surface area contributed by atoms with Crippen LogP contribution in [0.1, 0.15) is 27.9 Å². The molecule has 3 N–H and O–H groups in total. The number of hydrogen-bond donors (Lipinski definition) is 2. The molecule has 3 aromatic heterocycles. The summed E-state index contributed by atoms with van der Waals surface area (Å²) in [5.74, 6) is 0. The highest BCUT2D eigenvalue weighted by Crippen LogP contribution is 2.36. The van der Waals surface area contributed by atoms with Gasteiger partial charge in [0.05, 0.1) is 16.1 Å². The maximum atomic E-state index is 5.96. The number of aryl methyl sites for hydroxylation is 2. The van der Waals surface area contributed by atoms with Crippen LogP contribution in [0.4, 0.5) is 5.69 Å². The number of rotatable bonds is 5. The average molecular weight is 332 g/mol. The lowest BCUT2D eigenvalue weighted by molar-refractivity contribution is 0.744. The van der Waals surface area contributed by atoms with Crippen LogP contribution >= 0.6 is 22.7 Å². The fourth-order valence-electron chi connectivity index (χ4n) is 2.46. The van der Waals surface area contributed by atoms with E-state index in [4.69, 9.17) is 5.73 Å². The standard InChI is InChI=1S/C16H20N4S2/c1-9(17)7-13-10(2)14-16(22-13)15(11(3)19-20-14)18-8-12-5-4-6-21-12/h4-6,9H,7-8,17H2,1-3H3,(H,18,20)/t9-/m0/s1. The maximum Gasteiger partial charge on any atom is 0.109 e. The molecular formula is C16H20N4S2. The molecule has 22 heavy (non-hydrogen) atoms. The van der Waals surface area contributed by atoms with Crippen LogP contribution in [-0.2, 0) is 13.0 Å². The predicted molar refractivity (Wildman–Crippen MR) is 95.9 cm³/mol. The number of nitrogens with two attached hydrogens (primary N) is 1. The second-order valence-electron chi connectivity index (χ2n) is 5.60. The maximum absolute atomic E-state index is 5.96. The third kappa shape index (κ3) is 2.99. The second kappa shape index (κ2) is 6.32. The molecule has 0 aromatic carbocycles. The van der Waals surface area contributed by atoms with Crippen molar-refractivity contribution in [2.45, 2.75) is 39.8 Å². The van der Waals surface area contributed by atoms with Gasteiger partial charge >= 0.3 is 0 Å². The van der Waals surface area contributed by atoms with Gasteiger partial charge in [0.25, 0.3) is 0 Å². The minimum absolute atomic E-state index is 0.156. The van der Waals surface area contributed by atoms with E-state index < -0.39 is 0 Å². The van der Waals surface area contributed by atoms with Crippen LogP contribution < -0.4 is 11.1 Å². The van der Waals surface area contributed by atoms with Gasteiger partial charge < -0.3 is 11.1 Å². The van der Waals surface area contributed by atoms with E-state index in [0.717, 1.165) is 29.9 Å². The quantitative estimate of drug-likeness (QED) is 0.744. The number of hydrogen-bond acceptors (Lipinski definition) is 6. The van der Waals surface area contributed by atoms with Gasteiger partial charge in [0.1, 0.15) is 5.52 Å². The molecule has 0 saturated heterocycles. The minimum Gasteiger partial charge on any atom is -0.377 e. The Morgan fingerprint density at radius 3 is 2.82 bits per heavy atom. The first kappa shape index (κ1) is 15.4. The summed E-state index contributed by atoms with van der Waals surface area (Å²) in [4.78, 5) is 2.62. The summed E-state index contributed by atoms with van der Waals surface area (Å²) >= 11 is 3.55. The van der Waals surface area contributed by atoms with Crippen molar-refractivity contribution in [3.8, 4) is 0 Å². The topological polar surface area (TPSA) is 63.8 Å². The monoisotopic (exact) mass is 332 g/mol. The molecule has 0 saturated carbocycles. The summed E-state index contributed by atoms with van der Waals surface area (Å²) in [6.07, 6.45) is 0.885. The van der Waals surface area contributed by atoms with Crippen LogP contribution in [0.5, 0.6) is 0 Å². The third-order valence-corrected chi connectivity index (χ3v) is 5.83. The zero-order valence-electron chi connectivity index (χ0n) is 13.0. The van der Waals surface area contributed by atoms with Gasteiger partial charge in [0.15, 0.2) is 0 Å². The zero-order chi connectivity index (χ0) is 15.7. The molecule has 0 aliphatic heterocycles. The Hall–Kier alpha value is -1.50. The number of thiophene rings is 2. The molecule has 0 radical (unpaired) electrons. The summed E-state index contributed by atoms with van der Waals surface area (Å²) in [6.45, 7) is 6.97. The zero-order valence-corrected chi connectivity index (χ0v) is 14.6. The Morgan fingerprint density at radius 2 is 2.14 bits per heavy atom. The van der Waals surface area contributed by atoms with E-state index in [1.54, 1.807) is 22.7 Å². The lowest BCUT2D eigenvalue weighted by Gasteiger charge is -2.08. The molecule has 116 valence electrons. The molecular weight excluding hydrogens is 312 g/mol. The van der Waals surface area contributed by atoms with Gasteiger partial charge in [-0.1, -0.05) is 6.07 Å².